The van der Waals surface area contributed by atoms with Crippen LogP contribution in [0.1, 0.15) is 52.4 Å². The van der Waals surface area contributed by atoms with E-state index in [2.05, 4.69) is 0 Å². The summed E-state index contributed by atoms with van der Waals surface area (Å²) < 4.78 is 0. The molecule has 0 aromatic rings. The summed E-state index contributed by atoms with van der Waals surface area (Å²) in [5.41, 5.74) is 0. The maximum Gasteiger partial charge on any atom is 2.00 e. The first kappa shape index (κ1) is 51.6. The molecule has 20 nitrogen and oxygen atoms in total. The van der Waals surface area contributed by atoms with Crippen molar-refractivity contribution in [1.29, 1.82) is 0 Å². The summed E-state index contributed by atoms with van der Waals surface area (Å²) in [5.74, 6) is -13.5. The van der Waals surface area contributed by atoms with Crippen LogP contribution in [0.2, 0.25) is 0 Å². The van der Waals surface area contributed by atoms with Crippen LogP contribution in [0.3, 0.4) is 0 Å². The number of amides is 4. The fourth-order valence-electron chi connectivity index (χ4n) is 2.81. The van der Waals surface area contributed by atoms with Crippen LogP contribution >= 0.6 is 0 Å². The zero-order chi connectivity index (χ0) is 33.2. The van der Waals surface area contributed by atoms with Gasteiger partial charge in [-0.05, 0) is 25.7 Å². The van der Waals surface area contributed by atoms with Gasteiger partial charge in [0.2, 0.25) is 23.6 Å². The van der Waals surface area contributed by atoms with Crippen molar-refractivity contribution in [3.05, 3.63) is 0 Å². The molecule has 0 radical (unpaired) electrons. The molecule has 0 aromatic carbocycles. The average Bonchev–Trinajstić information content (AvgIpc) is 2.81. The van der Waals surface area contributed by atoms with Crippen LogP contribution in [0, 0.1) is 0 Å². The topological polar surface area (TPSA) is 357 Å². The first-order valence-electron chi connectivity index (χ1n) is 11.6. The Bertz CT molecular complexity index is 961. The van der Waals surface area contributed by atoms with Crippen LogP contribution in [-0.4, -0.2) is 153 Å². The van der Waals surface area contributed by atoms with Crippen molar-refractivity contribution < 1.29 is 78.6 Å². The zero-order valence-corrected chi connectivity index (χ0v) is 28.4. The number of carbonyl (C=O) groups is 10. The van der Waals surface area contributed by atoms with Crippen molar-refractivity contribution in [2.45, 2.75) is 76.5 Å². The maximum atomic E-state index is 11.7. The Morgan fingerprint density at radius 3 is 0.889 bits per heavy atom. The minimum Gasteiger partial charge on any atom is -0.550 e. The summed E-state index contributed by atoms with van der Waals surface area (Å²) in [6.45, 7) is 2.06. The van der Waals surface area contributed by atoms with Crippen molar-refractivity contribution in [2.24, 2.45) is 0 Å². The van der Waals surface area contributed by atoms with E-state index in [1.54, 1.807) is 0 Å². The van der Waals surface area contributed by atoms with Crippen LogP contribution in [0.5, 0.6) is 0 Å². The third-order valence-electron chi connectivity index (χ3n) is 4.61. The van der Waals surface area contributed by atoms with Gasteiger partial charge in [-0.25, -0.2) is 0 Å². The standard InChI is InChI=1S/2C11H16N2O8.3Mg/c2*1-5(14)12-7(4-9(17)18)10(19)13-6(11(20)21)2-3-8(15)16;;;/h2*6-7H,2-4H2,1H3,(H,12,14)(H,13,19)(H,15,16)(H,17,18)(H,20,21);;;/q;;3*+2/p-6/t2*6-,7-;;;/m00.../s1. The molecule has 0 bridgehead atoms. The van der Waals surface area contributed by atoms with E-state index in [-0.39, 0.29) is 69.2 Å². The van der Waals surface area contributed by atoms with Crippen LogP contribution in [0.15, 0.2) is 0 Å². The second kappa shape index (κ2) is 27.3. The normalized spacial score (nSPS) is 12.0. The predicted molar refractivity (Wildman–Crippen MR) is 134 cm³/mol. The fraction of sp³-hybridized carbons (Fsp3) is 0.545. The number of aliphatic carboxylic acids is 6. The van der Waals surface area contributed by atoms with Crippen molar-refractivity contribution in [3.8, 4) is 0 Å². The molecule has 0 aromatic heterocycles. The Balaban J connectivity index is -0.000000222. The van der Waals surface area contributed by atoms with Crippen molar-refractivity contribution >= 4 is 129 Å². The summed E-state index contributed by atoms with van der Waals surface area (Å²) >= 11 is 0. The number of nitrogens with one attached hydrogen (secondary N) is 4. The van der Waals surface area contributed by atoms with Crippen LogP contribution < -0.4 is 51.9 Å². The second-order valence-corrected chi connectivity index (χ2v) is 8.24. The van der Waals surface area contributed by atoms with E-state index in [1.165, 1.54) is 0 Å². The minimum absolute atomic E-state index is 0. The molecule has 0 rings (SSSR count). The number of hydrogen-bond donors (Lipinski definition) is 4. The van der Waals surface area contributed by atoms with Crippen molar-refractivity contribution in [1.82, 2.24) is 21.3 Å². The van der Waals surface area contributed by atoms with Gasteiger partial charge in [-0.15, -0.1) is 0 Å². The first-order valence-corrected chi connectivity index (χ1v) is 11.6. The number of carboxylic acids is 6. The third-order valence-corrected chi connectivity index (χ3v) is 4.61. The largest absolute Gasteiger partial charge is 2.00 e. The average molecular weight is 675 g/mol. The van der Waals surface area contributed by atoms with Gasteiger partial charge >= 0.3 is 69.2 Å². The zero-order valence-electron chi connectivity index (χ0n) is 24.2. The van der Waals surface area contributed by atoms with Crippen molar-refractivity contribution in [3.63, 3.8) is 0 Å². The Labute approximate surface area is 303 Å². The van der Waals surface area contributed by atoms with Gasteiger partial charge in [0.15, 0.2) is 0 Å². The van der Waals surface area contributed by atoms with Gasteiger partial charge in [-0.2, -0.15) is 0 Å². The van der Waals surface area contributed by atoms with Crippen LogP contribution in [0.4, 0.5) is 0 Å². The monoisotopic (exact) mass is 674 g/mol. The van der Waals surface area contributed by atoms with Gasteiger partial charge in [-0.3, -0.25) is 19.2 Å². The summed E-state index contributed by atoms with van der Waals surface area (Å²) in [5, 5.41) is 70.8. The Kier molecular flexibility index (Phi) is 31.3. The number of rotatable bonds is 18. The van der Waals surface area contributed by atoms with E-state index < -0.39 is 122 Å². The molecule has 4 N–H and O–H groups in total. The molecule has 0 saturated carbocycles. The smallest absolute Gasteiger partial charge is 0.550 e. The molecular weight excluding hydrogens is 649 g/mol. The summed E-state index contributed by atoms with van der Waals surface area (Å²) in [6, 6.07) is -6.41. The fourth-order valence-corrected chi connectivity index (χ4v) is 2.81. The Morgan fingerprint density at radius 1 is 0.444 bits per heavy atom. The van der Waals surface area contributed by atoms with E-state index >= 15 is 0 Å². The maximum absolute atomic E-state index is 11.7. The Hall–Kier alpha value is -3.00. The molecular formula is C22H26Mg3N4O16. The van der Waals surface area contributed by atoms with E-state index in [0.29, 0.717) is 0 Å². The van der Waals surface area contributed by atoms with Crippen LogP contribution in [-0.2, 0) is 47.9 Å². The number of hydrogen-bond acceptors (Lipinski definition) is 16. The van der Waals surface area contributed by atoms with E-state index in [1.807, 2.05) is 21.3 Å². The molecule has 0 spiro atoms. The molecule has 236 valence electrons. The molecule has 0 heterocycles. The number of carboxylic acid groups (broad SMARTS) is 6. The predicted octanol–water partition coefficient (Wildman–Crippen LogP) is -12.4. The summed E-state index contributed by atoms with van der Waals surface area (Å²) in [4.78, 5) is 108. The van der Waals surface area contributed by atoms with Gasteiger partial charge in [0.05, 0.1) is 24.0 Å². The second-order valence-electron chi connectivity index (χ2n) is 8.24. The summed E-state index contributed by atoms with van der Waals surface area (Å²) in [6.07, 6.45) is -4.05. The van der Waals surface area contributed by atoms with E-state index in [0.717, 1.165) is 13.8 Å². The molecule has 0 aliphatic carbocycles. The molecule has 0 aliphatic heterocycles. The Morgan fingerprint density at radius 2 is 0.711 bits per heavy atom. The molecule has 0 saturated heterocycles. The summed E-state index contributed by atoms with van der Waals surface area (Å²) in [7, 11) is 0. The van der Waals surface area contributed by atoms with E-state index in [9.17, 15) is 78.6 Å². The molecule has 45 heavy (non-hydrogen) atoms. The minimum atomic E-state index is -1.75. The van der Waals surface area contributed by atoms with Gasteiger partial charge in [0.25, 0.3) is 0 Å². The molecule has 0 unspecified atom stereocenters. The third kappa shape index (κ3) is 28.2. The van der Waals surface area contributed by atoms with E-state index in [4.69, 9.17) is 0 Å². The molecule has 0 aliphatic rings. The van der Waals surface area contributed by atoms with Gasteiger partial charge < -0.3 is 80.7 Å². The SMILES string of the molecule is CC(=O)N[C@@H](CC(=O)[O-])C(=O)N[C@@H](CCC(=O)[O-])C(=O)[O-].CC(=O)N[C@@H](CC(=O)[O-])C(=O)N[C@@H](CCC(=O)[O-])C(=O)[O-].[Mg+2].[Mg+2].[Mg+2]. The number of carbonyl (C=O) groups excluding carboxylic acids is 10. The van der Waals surface area contributed by atoms with Crippen LogP contribution in [0.25, 0.3) is 0 Å². The van der Waals surface area contributed by atoms with Gasteiger partial charge in [0, 0.05) is 50.6 Å². The molecule has 0 fully saturated rings. The molecule has 23 heteroatoms. The first-order chi connectivity index (χ1) is 19.3. The molecule has 4 amide bonds. The quantitative estimate of drug-likeness (QED) is 0.0980. The molecule has 4 atom stereocenters. The van der Waals surface area contributed by atoms with Gasteiger partial charge in [-0.1, -0.05) is 0 Å². The van der Waals surface area contributed by atoms with Crippen molar-refractivity contribution in [2.75, 3.05) is 0 Å². The van der Waals surface area contributed by atoms with Gasteiger partial charge in [0.1, 0.15) is 12.1 Å².